The van der Waals surface area contributed by atoms with Gasteiger partial charge in [0.2, 0.25) is 0 Å². The van der Waals surface area contributed by atoms with Gasteiger partial charge in [-0.25, -0.2) is 0 Å². The molecule has 1 saturated heterocycles. The van der Waals surface area contributed by atoms with E-state index in [1.165, 1.54) is 38.5 Å². The van der Waals surface area contributed by atoms with Crippen molar-refractivity contribution in [3.05, 3.63) is 0 Å². The van der Waals surface area contributed by atoms with E-state index in [4.69, 9.17) is 10.5 Å². The van der Waals surface area contributed by atoms with Gasteiger partial charge in [-0.2, -0.15) is 0 Å². The van der Waals surface area contributed by atoms with Crippen molar-refractivity contribution in [3.63, 3.8) is 0 Å². The first-order valence-electron chi connectivity index (χ1n) is 8.23. The number of rotatable bonds is 3. The molecule has 0 spiro atoms. The van der Waals surface area contributed by atoms with Gasteiger partial charge in [0.15, 0.2) is 0 Å². The summed E-state index contributed by atoms with van der Waals surface area (Å²) in [7, 11) is 0. The molecule has 0 amide bonds. The summed E-state index contributed by atoms with van der Waals surface area (Å²) in [6, 6.07) is 0. The Balaban J connectivity index is 1.73. The minimum Gasteiger partial charge on any atom is -0.373 e. The van der Waals surface area contributed by atoms with E-state index in [2.05, 4.69) is 18.7 Å². The second-order valence-electron chi connectivity index (χ2n) is 7.28. The lowest BCUT2D eigenvalue weighted by molar-refractivity contribution is -0.112. The van der Waals surface area contributed by atoms with Crippen molar-refractivity contribution >= 4 is 0 Å². The summed E-state index contributed by atoms with van der Waals surface area (Å²) < 4.78 is 5.90. The molecule has 0 aromatic rings. The number of hydrogen-bond acceptors (Lipinski definition) is 3. The summed E-state index contributed by atoms with van der Waals surface area (Å²) in [6.07, 6.45) is 9.12. The van der Waals surface area contributed by atoms with Crippen LogP contribution < -0.4 is 5.73 Å². The first-order valence-corrected chi connectivity index (χ1v) is 8.23. The Morgan fingerprint density at radius 3 is 2.37 bits per heavy atom. The van der Waals surface area contributed by atoms with Crippen LogP contribution in [0.2, 0.25) is 0 Å². The average molecular weight is 266 g/mol. The molecule has 1 heterocycles. The van der Waals surface area contributed by atoms with Gasteiger partial charge in [-0.05, 0) is 51.4 Å². The van der Waals surface area contributed by atoms with Gasteiger partial charge in [0.1, 0.15) is 0 Å². The van der Waals surface area contributed by atoms with Crippen LogP contribution in [-0.2, 0) is 4.74 Å². The van der Waals surface area contributed by atoms with E-state index in [-0.39, 0.29) is 5.54 Å². The summed E-state index contributed by atoms with van der Waals surface area (Å²) >= 11 is 0. The first kappa shape index (κ1) is 13.8. The van der Waals surface area contributed by atoms with Gasteiger partial charge >= 0.3 is 0 Å². The Morgan fingerprint density at radius 2 is 1.79 bits per heavy atom. The summed E-state index contributed by atoms with van der Waals surface area (Å²) in [4.78, 5) is 2.68. The summed E-state index contributed by atoms with van der Waals surface area (Å²) in [6.45, 7) is 7.37. The molecule has 3 fully saturated rings. The van der Waals surface area contributed by atoms with Gasteiger partial charge in [-0.1, -0.05) is 12.8 Å². The van der Waals surface area contributed by atoms with Crippen LogP contribution in [0.4, 0.5) is 0 Å². The van der Waals surface area contributed by atoms with E-state index >= 15 is 0 Å². The molecular weight excluding hydrogens is 236 g/mol. The summed E-state index contributed by atoms with van der Waals surface area (Å²) in [5.74, 6) is 1.98. The second-order valence-corrected chi connectivity index (χ2v) is 7.28. The average Bonchev–Trinajstić information content (AvgIpc) is 3.22. The van der Waals surface area contributed by atoms with Gasteiger partial charge in [0.05, 0.1) is 12.2 Å². The van der Waals surface area contributed by atoms with E-state index in [0.29, 0.717) is 12.2 Å². The topological polar surface area (TPSA) is 38.5 Å². The molecule has 3 nitrogen and oxygen atoms in total. The van der Waals surface area contributed by atoms with Crippen LogP contribution in [0.5, 0.6) is 0 Å². The van der Waals surface area contributed by atoms with Crippen molar-refractivity contribution < 1.29 is 4.74 Å². The van der Waals surface area contributed by atoms with E-state index in [1.807, 2.05) is 0 Å². The van der Waals surface area contributed by atoms with Gasteiger partial charge in [0, 0.05) is 25.2 Å². The lowest BCUT2D eigenvalue weighted by Gasteiger charge is -2.52. The maximum Gasteiger partial charge on any atom is 0.0678 e. The minimum absolute atomic E-state index is 0.276. The SMILES string of the molecule is CC1CN(C2(CN)CCCC(C3CC3)C2)CC(C)O1. The van der Waals surface area contributed by atoms with Crippen molar-refractivity contribution in [2.24, 2.45) is 17.6 Å². The highest BCUT2D eigenvalue weighted by Crippen LogP contribution is 2.48. The Bertz CT molecular complexity index is 308. The predicted octanol–water partition coefficient (Wildman–Crippen LogP) is 2.39. The van der Waals surface area contributed by atoms with Crippen LogP contribution in [0, 0.1) is 11.8 Å². The molecule has 3 heteroatoms. The Hall–Kier alpha value is -0.120. The van der Waals surface area contributed by atoms with Crippen molar-refractivity contribution in [2.75, 3.05) is 19.6 Å². The maximum atomic E-state index is 6.26. The molecule has 0 radical (unpaired) electrons. The van der Waals surface area contributed by atoms with Gasteiger partial charge in [0.25, 0.3) is 0 Å². The van der Waals surface area contributed by atoms with Crippen molar-refractivity contribution in [3.8, 4) is 0 Å². The molecule has 110 valence electrons. The fourth-order valence-corrected chi connectivity index (χ4v) is 4.52. The number of hydrogen-bond donors (Lipinski definition) is 1. The minimum atomic E-state index is 0.276. The van der Waals surface area contributed by atoms with Gasteiger partial charge in [-0.15, -0.1) is 0 Å². The monoisotopic (exact) mass is 266 g/mol. The Kier molecular flexibility index (Phi) is 3.89. The number of ether oxygens (including phenoxy) is 1. The normalized spacial score (nSPS) is 45.3. The second kappa shape index (κ2) is 5.34. The van der Waals surface area contributed by atoms with E-state index in [9.17, 15) is 0 Å². The molecule has 0 bridgehead atoms. The van der Waals surface area contributed by atoms with Gasteiger partial charge < -0.3 is 10.5 Å². The molecule has 2 aliphatic carbocycles. The molecule has 1 aliphatic heterocycles. The smallest absolute Gasteiger partial charge is 0.0678 e. The quantitative estimate of drug-likeness (QED) is 0.852. The van der Waals surface area contributed by atoms with Gasteiger partial charge in [-0.3, -0.25) is 4.90 Å². The molecule has 2 N–H and O–H groups in total. The third-order valence-corrected chi connectivity index (χ3v) is 5.62. The van der Waals surface area contributed by atoms with Crippen LogP contribution in [0.15, 0.2) is 0 Å². The zero-order chi connectivity index (χ0) is 13.5. The highest BCUT2D eigenvalue weighted by atomic mass is 16.5. The van der Waals surface area contributed by atoms with Crippen LogP contribution in [0.3, 0.4) is 0 Å². The lowest BCUT2D eigenvalue weighted by atomic mass is 9.72. The molecule has 3 rings (SSSR count). The largest absolute Gasteiger partial charge is 0.373 e. The predicted molar refractivity (Wildman–Crippen MR) is 78.0 cm³/mol. The molecular formula is C16H30N2O. The highest BCUT2D eigenvalue weighted by Gasteiger charge is 2.45. The number of morpholine rings is 1. The van der Waals surface area contributed by atoms with Crippen molar-refractivity contribution in [2.45, 2.75) is 70.1 Å². The maximum absolute atomic E-state index is 6.26. The third-order valence-electron chi connectivity index (χ3n) is 5.62. The number of nitrogens with two attached hydrogens (primary N) is 1. The molecule has 19 heavy (non-hydrogen) atoms. The lowest BCUT2D eigenvalue weighted by Crippen LogP contribution is -2.62. The standard InChI is InChI=1S/C16H30N2O/c1-12-9-18(10-13(2)19-12)16(11-17)7-3-4-15(8-16)14-5-6-14/h12-15H,3-11,17H2,1-2H3. The molecule has 4 unspecified atom stereocenters. The Morgan fingerprint density at radius 1 is 1.11 bits per heavy atom. The molecule has 4 atom stereocenters. The fourth-order valence-electron chi connectivity index (χ4n) is 4.52. The molecule has 2 saturated carbocycles. The van der Waals surface area contributed by atoms with Crippen molar-refractivity contribution in [1.82, 2.24) is 4.90 Å². The van der Waals surface area contributed by atoms with E-state index in [1.54, 1.807) is 0 Å². The zero-order valence-electron chi connectivity index (χ0n) is 12.6. The number of nitrogens with zero attached hydrogens (tertiary/aromatic N) is 1. The Labute approximate surface area is 117 Å². The third kappa shape index (κ3) is 2.84. The van der Waals surface area contributed by atoms with Crippen LogP contribution in [-0.4, -0.2) is 42.3 Å². The van der Waals surface area contributed by atoms with Crippen LogP contribution in [0.25, 0.3) is 0 Å². The zero-order valence-corrected chi connectivity index (χ0v) is 12.6. The van der Waals surface area contributed by atoms with Crippen LogP contribution in [0.1, 0.15) is 52.4 Å². The van der Waals surface area contributed by atoms with E-state index < -0.39 is 0 Å². The molecule has 0 aromatic heterocycles. The molecule has 0 aromatic carbocycles. The first-order chi connectivity index (χ1) is 9.13. The van der Waals surface area contributed by atoms with E-state index in [0.717, 1.165) is 31.5 Å². The van der Waals surface area contributed by atoms with Crippen LogP contribution >= 0.6 is 0 Å². The summed E-state index contributed by atoms with van der Waals surface area (Å²) in [5, 5.41) is 0. The van der Waals surface area contributed by atoms with Crippen molar-refractivity contribution in [1.29, 1.82) is 0 Å². The fraction of sp³-hybridized carbons (Fsp3) is 1.00. The molecule has 3 aliphatic rings. The highest BCUT2D eigenvalue weighted by molar-refractivity contribution is 5.01. The summed E-state index contributed by atoms with van der Waals surface area (Å²) in [5.41, 5.74) is 6.54.